The molecule has 0 aromatic heterocycles. The second-order valence-corrected chi connectivity index (χ2v) is 6.37. The SMILES string of the molecule is CC1CC(Oc2cc(N)cc(F)c2)CC(C)(C)C1. The van der Waals surface area contributed by atoms with Crippen LogP contribution in [0.3, 0.4) is 0 Å². The van der Waals surface area contributed by atoms with Crippen molar-refractivity contribution in [1.82, 2.24) is 0 Å². The van der Waals surface area contributed by atoms with Crippen molar-refractivity contribution in [3.05, 3.63) is 24.0 Å². The van der Waals surface area contributed by atoms with E-state index >= 15 is 0 Å². The molecule has 2 N–H and O–H groups in total. The lowest BCUT2D eigenvalue weighted by Gasteiger charge is -2.38. The molecule has 1 fully saturated rings. The van der Waals surface area contributed by atoms with Gasteiger partial charge in [0.25, 0.3) is 0 Å². The number of halogens is 1. The Labute approximate surface area is 108 Å². The van der Waals surface area contributed by atoms with E-state index in [-0.39, 0.29) is 11.9 Å². The molecule has 100 valence electrons. The van der Waals surface area contributed by atoms with E-state index in [1.54, 1.807) is 6.07 Å². The van der Waals surface area contributed by atoms with Crippen LogP contribution in [0.25, 0.3) is 0 Å². The van der Waals surface area contributed by atoms with Crippen molar-refractivity contribution in [3.63, 3.8) is 0 Å². The fourth-order valence-electron chi connectivity index (χ4n) is 3.19. The fourth-order valence-corrected chi connectivity index (χ4v) is 3.19. The number of rotatable bonds is 2. The molecule has 1 saturated carbocycles. The quantitative estimate of drug-likeness (QED) is 0.806. The van der Waals surface area contributed by atoms with E-state index in [2.05, 4.69) is 20.8 Å². The molecule has 3 heteroatoms. The first-order valence-electron chi connectivity index (χ1n) is 6.57. The third-order valence-corrected chi connectivity index (χ3v) is 3.54. The largest absolute Gasteiger partial charge is 0.490 e. The van der Waals surface area contributed by atoms with E-state index < -0.39 is 0 Å². The summed E-state index contributed by atoms with van der Waals surface area (Å²) >= 11 is 0. The number of benzene rings is 1. The summed E-state index contributed by atoms with van der Waals surface area (Å²) in [6, 6.07) is 4.40. The lowest BCUT2D eigenvalue weighted by molar-refractivity contribution is 0.0561. The normalized spacial score (nSPS) is 26.9. The van der Waals surface area contributed by atoms with Gasteiger partial charge in [-0.15, -0.1) is 0 Å². The van der Waals surface area contributed by atoms with E-state index in [4.69, 9.17) is 10.5 Å². The molecule has 0 heterocycles. The summed E-state index contributed by atoms with van der Waals surface area (Å²) < 4.78 is 19.2. The Kier molecular flexibility index (Phi) is 3.51. The number of hydrogen-bond donors (Lipinski definition) is 1. The number of nitrogen functional groups attached to an aromatic ring is 1. The predicted octanol–water partition coefficient (Wildman–Crippen LogP) is 4.00. The zero-order valence-electron chi connectivity index (χ0n) is 11.4. The minimum absolute atomic E-state index is 0.157. The van der Waals surface area contributed by atoms with Crippen LogP contribution in [0.5, 0.6) is 5.75 Å². The Hall–Kier alpha value is -1.25. The van der Waals surface area contributed by atoms with Crippen molar-refractivity contribution in [2.45, 2.75) is 46.1 Å². The minimum atomic E-state index is -0.340. The molecule has 1 aromatic carbocycles. The number of ether oxygens (including phenoxy) is 1. The molecule has 18 heavy (non-hydrogen) atoms. The van der Waals surface area contributed by atoms with Crippen molar-refractivity contribution in [2.75, 3.05) is 5.73 Å². The van der Waals surface area contributed by atoms with E-state index in [9.17, 15) is 4.39 Å². The average Bonchev–Trinajstić information content (AvgIpc) is 2.10. The van der Waals surface area contributed by atoms with Gasteiger partial charge in [-0.1, -0.05) is 20.8 Å². The molecule has 2 unspecified atom stereocenters. The van der Waals surface area contributed by atoms with Crippen molar-refractivity contribution in [1.29, 1.82) is 0 Å². The Bertz CT molecular complexity index is 410. The number of anilines is 1. The zero-order chi connectivity index (χ0) is 13.3. The van der Waals surface area contributed by atoms with Gasteiger partial charge in [-0.05, 0) is 36.7 Å². The molecular formula is C15H22FNO. The predicted molar refractivity (Wildman–Crippen MR) is 72.0 cm³/mol. The van der Waals surface area contributed by atoms with Crippen LogP contribution in [0, 0.1) is 17.2 Å². The Morgan fingerprint density at radius 1 is 1.28 bits per heavy atom. The molecule has 0 spiro atoms. The highest BCUT2D eigenvalue weighted by atomic mass is 19.1. The molecule has 0 radical (unpaired) electrons. The molecule has 1 aliphatic carbocycles. The van der Waals surface area contributed by atoms with E-state index in [1.165, 1.54) is 18.6 Å². The third kappa shape index (κ3) is 3.37. The highest BCUT2D eigenvalue weighted by molar-refractivity contribution is 5.44. The summed E-state index contributed by atoms with van der Waals surface area (Å²) in [5.74, 6) is 0.847. The monoisotopic (exact) mass is 251 g/mol. The van der Waals surface area contributed by atoms with Crippen LogP contribution in [-0.2, 0) is 0 Å². The van der Waals surface area contributed by atoms with Crippen LogP contribution >= 0.6 is 0 Å². The molecule has 2 rings (SSSR count). The smallest absolute Gasteiger partial charge is 0.128 e. The van der Waals surface area contributed by atoms with Gasteiger partial charge < -0.3 is 10.5 Å². The Morgan fingerprint density at radius 2 is 2.00 bits per heavy atom. The second-order valence-electron chi connectivity index (χ2n) is 6.37. The molecule has 1 aliphatic rings. The second kappa shape index (κ2) is 4.79. The first kappa shape index (κ1) is 13.2. The molecule has 2 nitrogen and oxygen atoms in total. The lowest BCUT2D eigenvalue weighted by atomic mass is 9.71. The van der Waals surface area contributed by atoms with Crippen LogP contribution in [0.4, 0.5) is 10.1 Å². The number of hydrogen-bond acceptors (Lipinski definition) is 2. The van der Waals surface area contributed by atoms with Gasteiger partial charge in [0, 0.05) is 17.8 Å². The van der Waals surface area contributed by atoms with Crippen LogP contribution in [0.15, 0.2) is 18.2 Å². The third-order valence-electron chi connectivity index (χ3n) is 3.54. The van der Waals surface area contributed by atoms with Gasteiger partial charge in [-0.25, -0.2) is 4.39 Å². The first-order valence-corrected chi connectivity index (χ1v) is 6.57. The van der Waals surface area contributed by atoms with Gasteiger partial charge in [0.1, 0.15) is 11.6 Å². The van der Waals surface area contributed by atoms with E-state index in [0.717, 1.165) is 12.8 Å². The highest BCUT2D eigenvalue weighted by Crippen LogP contribution is 2.40. The van der Waals surface area contributed by atoms with Crippen LogP contribution < -0.4 is 10.5 Å². The first-order chi connectivity index (χ1) is 8.34. The van der Waals surface area contributed by atoms with Crippen molar-refractivity contribution < 1.29 is 9.13 Å². The maximum absolute atomic E-state index is 13.3. The van der Waals surface area contributed by atoms with Gasteiger partial charge in [-0.3, -0.25) is 0 Å². The summed E-state index contributed by atoms with van der Waals surface area (Å²) in [6.45, 7) is 6.77. The van der Waals surface area contributed by atoms with Gasteiger partial charge in [-0.2, -0.15) is 0 Å². The van der Waals surface area contributed by atoms with E-state index in [1.807, 2.05) is 0 Å². The molecule has 0 aliphatic heterocycles. The zero-order valence-corrected chi connectivity index (χ0v) is 11.4. The summed E-state index contributed by atoms with van der Waals surface area (Å²) in [5.41, 5.74) is 6.33. The average molecular weight is 251 g/mol. The molecular weight excluding hydrogens is 229 g/mol. The maximum atomic E-state index is 13.3. The molecule has 0 saturated heterocycles. The molecule has 2 atom stereocenters. The Balaban J connectivity index is 2.08. The molecule has 0 amide bonds. The summed E-state index contributed by atoms with van der Waals surface area (Å²) in [7, 11) is 0. The molecule has 0 bridgehead atoms. The minimum Gasteiger partial charge on any atom is -0.490 e. The van der Waals surface area contributed by atoms with Gasteiger partial charge >= 0.3 is 0 Å². The van der Waals surface area contributed by atoms with Gasteiger partial charge in [0.2, 0.25) is 0 Å². The summed E-state index contributed by atoms with van der Waals surface area (Å²) in [4.78, 5) is 0. The van der Waals surface area contributed by atoms with E-state index in [0.29, 0.717) is 22.8 Å². The van der Waals surface area contributed by atoms with Crippen molar-refractivity contribution in [2.24, 2.45) is 11.3 Å². The molecule has 1 aromatic rings. The highest BCUT2D eigenvalue weighted by Gasteiger charge is 2.33. The fraction of sp³-hybridized carbons (Fsp3) is 0.600. The van der Waals surface area contributed by atoms with Crippen LogP contribution in [-0.4, -0.2) is 6.10 Å². The Morgan fingerprint density at radius 3 is 2.61 bits per heavy atom. The van der Waals surface area contributed by atoms with Gasteiger partial charge in [0.05, 0.1) is 6.10 Å². The van der Waals surface area contributed by atoms with Crippen molar-refractivity contribution >= 4 is 5.69 Å². The van der Waals surface area contributed by atoms with Crippen LogP contribution in [0.2, 0.25) is 0 Å². The summed E-state index contributed by atoms with van der Waals surface area (Å²) in [5, 5.41) is 0. The van der Waals surface area contributed by atoms with Gasteiger partial charge in [0.15, 0.2) is 0 Å². The van der Waals surface area contributed by atoms with Crippen molar-refractivity contribution in [3.8, 4) is 5.75 Å². The van der Waals surface area contributed by atoms with Crippen LogP contribution in [0.1, 0.15) is 40.0 Å². The number of nitrogens with two attached hydrogens (primary N) is 1. The maximum Gasteiger partial charge on any atom is 0.128 e. The standard InChI is InChI=1S/C15H22FNO/c1-10-4-14(9-15(2,3)8-10)18-13-6-11(16)5-12(17)7-13/h5-7,10,14H,4,8-9,17H2,1-3H3. The lowest BCUT2D eigenvalue weighted by Crippen LogP contribution is -2.34. The topological polar surface area (TPSA) is 35.2 Å². The summed E-state index contributed by atoms with van der Waals surface area (Å²) in [6.07, 6.45) is 3.41.